The van der Waals surface area contributed by atoms with Crippen LogP contribution in [0.2, 0.25) is 0 Å². The number of carbonyl (C=O) groups is 1. The maximum absolute atomic E-state index is 12.6. The summed E-state index contributed by atoms with van der Waals surface area (Å²) in [6.07, 6.45) is 2.09. The van der Waals surface area contributed by atoms with Gasteiger partial charge in [0.1, 0.15) is 11.6 Å². The molecule has 3 aromatic rings. The summed E-state index contributed by atoms with van der Waals surface area (Å²) in [6, 6.07) is 13.7. The van der Waals surface area contributed by atoms with E-state index in [4.69, 9.17) is 4.74 Å². The van der Waals surface area contributed by atoms with Crippen molar-refractivity contribution in [2.75, 3.05) is 17.7 Å². The molecule has 0 saturated heterocycles. The van der Waals surface area contributed by atoms with E-state index in [1.807, 2.05) is 30.3 Å². The van der Waals surface area contributed by atoms with Gasteiger partial charge in [-0.3, -0.25) is 4.79 Å². The van der Waals surface area contributed by atoms with Gasteiger partial charge >= 0.3 is 0 Å². The number of hydrogen-bond acceptors (Lipinski definition) is 6. The molecule has 148 valence electrons. The molecule has 6 heteroatoms. The largest absolute Gasteiger partial charge is 0.495 e. The number of nitrogens with zero attached hydrogens (tertiary/aromatic N) is 2. The van der Waals surface area contributed by atoms with Crippen LogP contribution >= 0.6 is 0 Å². The van der Waals surface area contributed by atoms with Gasteiger partial charge in [-0.15, -0.1) is 0 Å². The minimum absolute atomic E-state index is 0.0847. The average Bonchev–Trinajstić information content (AvgIpc) is 2.71. The van der Waals surface area contributed by atoms with E-state index in [9.17, 15) is 4.79 Å². The fourth-order valence-electron chi connectivity index (χ4n) is 3.49. The van der Waals surface area contributed by atoms with Gasteiger partial charge in [0.15, 0.2) is 5.78 Å². The number of carbonyl (C=O) groups excluding carboxylic acids is 1. The van der Waals surface area contributed by atoms with Crippen molar-refractivity contribution in [3.05, 3.63) is 64.8 Å². The van der Waals surface area contributed by atoms with Crippen LogP contribution in [0.25, 0.3) is 0 Å². The molecule has 0 saturated carbocycles. The number of rotatable bonds is 5. The number of hydrogen-bond donors (Lipinski definition) is 2. The molecule has 1 aromatic heterocycles. The smallest absolute Gasteiger partial charge is 0.229 e. The number of Topliss-reactive ketones (excluding diaryl/α,β-unsaturated/α-hetero) is 1. The van der Waals surface area contributed by atoms with Gasteiger partial charge in [0.25, 0.3) is 0 Å². The number of methoxy groups -OCH3 is 1. The lowest BCUT2D eigenvalue weighted by atomic mass is 9.95. The number of anilines is 4. The molecule has 2 N–H and O–H groups in total. The highest BCUT2D eigenvalue weighted by Crippen LogP contribution is 2.32. The molecular weight excluding hydrogens is 364 g/mol. The van der Waals surface area contributed by atoms with Gasteiger partial charge in [0, 0.05) is 12.1 Å². The maximum atomic E-state index is 12.6. The van der Waals surface area contributed by atoms with Gasteiger partial charge in [-0.2, -0.15) is 4.98 Å². The van der Waals surface area contributed by atoms with Gasteiger partial charge in [-0.05, 0) is 62.1 Å². The number of benzene rings is 2. The van der Waals surface area contributed by atoms with E-state index in [0.29, 0.717) is 29.5 Å². The monoisotopic (exact) mass is 388 g/mol. The van der Waals surface area contributed by atoms with Crippen LogP contribution in [0.15, 0.2) is 42.5 Å². The summed E-state index contributed by atoms with van der Waals surface area (Å²) in [7, 11) is 1.62. The first kappa shape index (κ1) is 18.9. The van der Waals surface area contributed by atoms with Crippen LogP contribution in [-0.2, 0) is 6.42 Å². The van der Waals surface area contributed by atoms with Crippen molar-refractivity contribution in [2.45, 2.75) is 33.1 Å². The van der Waals surface area contributed by atoms with Crippen LogP contribution < -0.4 is 15.4 Å². The average molecular weight is 388 g/mol. The zero-order chi connectivity index (χ0) is 20.4. The lowest BCUT2D eigenvalue weighted by Crippen LogP contribution is -2.18. The Morgan fingerprint density at radius 1 is 0.966 bits per heavy atom. The van der Waals surface area contributed by atoms with Crippen LogP contribution in [0.1, 0.15) is 40.0 Å². The molecule has 1 aliphatic rings. The fraction of sp³-hybridized carbons (Fsp3) is 0.261. The van der Waals surface area contributed by atoms with Crippen molar-refractivity contribution in [1.82, 2.24) is 9.97 Å². The number of para-hydroxylation sites is 2. The fourth-order valence-corrected chi connectivity index (χ4v) is 3.49. The minimum Gasteiger partial charge on any atom is -0.495 e. The van der Waals surface area contributed by atoms with Crippen molar-refractivity contribution in [3.63, 3.8) is 0 Å². The van der Waals surface area contributed by atoms with E-state index in [1.54, 1.807) is 7.11 Å². The highest BCUT2D eigenvalue weighted by atomic mass is 16.5. The van der Waals surface area contributed by atoms with Crippen molar-refractivity contribution in [2.24, 2.45) is 0 Å². The second-order valence-corrected chi connectivity index (χ2v) is 7.24. The number of aromatic nitrogens is 2. The Labute approximate surface area is 170 Å². The second kappa shape index (κ2) is 7.91. The Hall–Kier alpha value is -3.41. The molecule has 1 heterocycles. The molecule has 6 nitrogen and oxygen atoms in total. The van der Waals surface area contributed by atoms with Gasteiger partial charge < -0.3 is 15.4 Å². The van der Waals surface area contributed by atoms with E-state index in [-0.39, 0.29) is 5.78 Å². The molecule has 29 heavy (non-hydrogen) atoms. The molecule has 0 unspecified atom stereocenters. The summed E-state index contributed by atoms with van der Waals surface area (Å²) in [5, 5.41) is 6.58. The Morgan fingerprint density at radius 2 is 1.79 bits per heavy atom. The van der Waals surface area contributed by atoms with Crippen molar-refractivity contribution in [1.29, 1.82) is 0 Å². The summed E-state index contributed by atoms with van der Waals surface area (Å²) in [6.45, 7) is 4.14. The van der Waals surface area contributed by atoms with Crippen LogP contribution in [0, 0.1) is 13.8 Å². The molecule has 0 aliphatic heterocycles. The summed E-state index contributed by atoms with van der Waals surface area (Å²) >= 11 is 0. The van der Waals surface area contributed by atoms with Crippen molar-refractivity contribution < 1.29 is 9.53 Å². The van der Waals surface area contributed by atoms with E-state index in [2.05, 4.69) is 46.6 Å². The number of ether oxygens (including phenoxy) is 1. The van der Waals surface area contributed by atoms with E-state index < -0.39 is 0 Å². The van der Waals surface area contributed by atoms with E-state index >= 15 is 0 Å². The predicted octanol–water partition coefficient (Wildman–Crippen LogP) is 5.11. The standard InChI is InChI=1S/C23H24N4O2/c1-14-11-12-16(13-15(14)2)24-22-21-18(8-6-9-19(21)28)26-23(27-22)25-17-7-4-5-10-20(17)29-3/h4-5,7,10-13H,6,8-9H2,1-3H3,(H2,24,25,26,27). The number of fused-ring (bicyclic) bond motifs is 1. The second-order valence-electron chi connectivity index (χ2n) is 7.24. The normalized spacial score (nSPS) is 13.0. The van der Waals surface area contributed by atoms with Crippen LogP contribution in [-0.4, -0.2) is 22.9 Å². The van der Waals surface area contributed by atoms with E-state index in [0.717, 1.165) is 29.9 Å². The van der Waals surface area contributed by atoms with Crippen LogP contribution in [0.4, 0.5) is 23.1 Å². The lowest BCUT2D eigenvalue weighted by Gasteiger charge is -2.20. The molecule has 0 radical (unpaired) electrons. The molecule has 0 atom stereocenters. The maximum Gasteiger partial charge on any atom is 0.229 e. The van der Waals surface area contributed by atoms with Gasteiger partial charge in [-0.25, -0.2) is 4.98 Å². The molecule has 0 amide bonds. The number of aryl methyl sites for hydroxylation is 3. The molecule has 0 bridgehead atoms. The first-order valence-electron chi connectivity index (χ1n) is 9.73. The minimum atomic E-state index is 0.0847. The first-order chi connectivity index (χ1) is 14.0. The Morgan fingerprint density at radius 3 is 2.59 bits per heavy atom. The summed E-state index contributed by atoms with van der Waals surface area (Å²) in [4.78, 5) is 21.9. The summed E-state index contributed by atoms with van der Waals surface area (Å²) < 4.78 is 5.41. The van der Waals surface area contributed by atoms with Crippen molar-refractivity contribution in [3.8, 4) is 5.75 Å². The number of ketones is 1. The molecular formula is C23H24N4O2. The number of nitrogens with one attached hydrogen (secondary N) is 2. The third kappa shape index (κ3) is 3.92. The Bertz CT molecular complexity index is 1080. The van der Waals surface area contributed by atoms with Crippen molar-refractivity contribution >= 4 is 28.9 Å². The third-order valence-electron chi connectivity index (χ3n) is 5.20. The van der Waals surface area contributed by atoms with Gasteiger partial charge in [-0.1, -0.05) is 18.2 Å². The Balaban J connectivity index is 1.75. The van der Waals surface area contributed by atoms with Gasteiger partial charge in [0.2, 0.25) is 5.95 Å². The highest BCUT2D eigenvalue weighted by Gasteiger charge is 2.25. The zero-order valence-electron chi connectivity index (χ0n) is 16.9. The molecule has 0 spiro atoms. The summed E-state index contributed by atoms with van der Waals surface area (Å²) in [5.74, 6) is 1.77. The first-order valence-corrected chi connectivity index (χ1v) is 9.73. The highest BCUT2D eigenvalue weighted by molar-refractivity contribution is 6.03. The quantitative estimate of drug-likeness (QED) is 0.633. The lowest BCUT2D eigenvalue weighted by molar-refractivity contribution is 0.0972. The van der Waals surface area contributed by atoms with E-state index in [1.165, 1.54) is 11.1 Å². The topological polar surface area (TPSA) is 76.1 Å². The Kier molecular flexibility index (Phi) is 5.16. The molecule has 4 rings (SSSR count). The summed E-state index contributed by atoms with van der Waals surface area (Å²) in [5.41, 5.74) is 5.44. The third-order valence-corrected chi connectivity index (χ3v) is 5.20. The molecule has 1 aliphatic carbocycles. The molecule has 0 fully saturated rings. The predicted molar refractivity (Wildman–Crippen MR) is 115 cm³/mol. The van der Waals surface area contributed by atoms with Gasteiger partial charge in [0.05, 0.1) is 24.1 Å². The zero-order valence-corrected chi connectivity index (χ0v) is 16.9. The van der Waals surface area contributed by atoms with Crippen LogP contribution in [0.3, 0.4) is 0 Å². The van der Waals surface area contributed by atoms with Crippen LogP contribution in [0.5, 0.6) is 5.75 Å². The molecule has 2 aromatic carbocycles. The SMILES string of the molecule is COc1ccccc1Nc1nc2c(c(Nc3ccc(C)c(C)c3)n1)C(=O)CCC2.